The topological polar surface area (TPSA) is 30.9 Å². The van der Waals surface area contributed by atoms with Gasteiger partial charge in [0.25, 0.3) is 0 Å². The molecule has 2 atom stereocenters. The van der Waals surface area contributed by atoms with Crippen LogP contribution in [0.25, 0.3) is 0 Å². The molecule has 0 radical (unpaired) electrons. The number of fused-ring (bicyclic) bond motifs is 4. The summed E-state index contributed by atoms with van der Waals surface area (Å²) in [5.74, 6) is 3.04. The molecule has 2 aromatic rings. The Balaban J connectivity index is 1.80. The number of nitrogens with zero attached hydrogens (tertiary/aromatic N) is 1. The fourth-order valence-electron chi connectivity index (χ4n) is 4.55. The fourth-order valence-corrected chi connectivity index (χ4v) is 4.55. The quantitative estimate of drug-likeness (QED) is 0.848. The number of methoxy groups -OCH3 is 3. The largest absolute Gasteiger partial charge is 0.497 e. The lowest BCUT2D eigenvalue weighted by Gasteiger charge is -2.45. The minimum absolute atomic E-state index is 0.399. The molecule has 25 heavy (non-hydrogen) atoms. The molecule has 0 N–H and O–H groups in total. The second-order valence-corrected chi connectivity index (χ2v) is 6.89. The molecule has 0 amide bonds. The molecule has 0 fully saturated rings. The van der Waals surface area contributed by atoms with Crippen molar-refractivity contribution in [3.05, 3.63) is 52.6 Å². The molecule has 0 bridgehead atoms. The maximum atomic E-state index is 5.69. The van der Waals surface area contributed by atoms with E-state index in [0.717, 1.165) is 36.8 Å². The summed E-state index contributed by atoms with van der Waals surface area (Å²) in [5, 5.41) is 0. The Bertz CT molecular complexity index is 802. The predicted molar refractivity (Wildman–Crippen MR) is 97.8 cm³/mol. The van der Waals surface area contributed by atoms with E-state index in [1.807, 2.05) is 6.07 Å². The smallest absolute Gasteiger partial charge is 0.165 e. The minimum Gasteiger partial charge on any atom is -0.497 e. The molecule has 2 aliphatic rings. The summed E-state index contributed by atoms with van der Waals surface area (Å²) in [7, 11) is 5.16. The summed E-state index contributed by atoms with van der Waals surface area (Å²) in [6.07, 6.45) is 1.05. The second-order valence-electron chi connectivity index (χ2n) is 6.89. The van der Waals surface area contributed by atoms with Crippen molar-refractivity contribution < 1.29 is 14.2 Å². The summed E-state index contributed by atoms with van der Waals surface area (Å²) in [6, 6.07) is 11.2. The van der Waals surface area contributed by atoms with E-state index in [-0.39, 0.29) is 0 Å². The Morgan fingerprint density at radius 2 is 1.76 bits per heavy atom. The summed E-state index contributed by atoms with van der Waals surface area (Å²) in [4.78, 5) is 2.57. The van der Waals surface area contributed by atoms with Gasteiger partial charge in [-0.25, -0.2) is 0 Å². The van der Waals surface area contributed by atoms with Gasteiger partial charge in [-0.15, -0.1) is 0 Å². The highest BCUT2D eigenvalue weighted by atomic mass is 16.5. The summed E-state index contributed by atoms with van der Waals surface area (Å²) < 4.78 is 16.6. The van der Waals surface area contributed by atoms with Gasteiger partial charge in [-0.1, -0.05) is 19.1 Å². The fraction of sp³-hybridized carbons (Fsp3) is 0.429. The SMILES string of the molecule is COc1ccc2c(c1)CCN1Cc3c(ccc(OC)c3OC)[C@H](C)[C@H]21. The van der Waals surface area contributed by atoms with E-state index >= 15 is 0 Å². The lowest BCUT2D eigenvalue weighted by molar-refractivity contribution is 0.136. The van der Waals surface area contributed by atoms with Crippen LogP contribution in [0.15, 0.2) is 30.3 Å². The Morgan fingerprint density at radius 3 is 2.48 bits per heavy atom. The second kappa shape index (κ2) is 6.26. The van der Waals surface area contributed by atoms with Crippen LogP contribution < -0.4 is 14.2 Å². The van der Waals surface area contributed by atoms with Crippen LogP contribution in [0.5, 0.6) is 17.2 Å². The van der Waals surface area contributed by atoms with E-state index in [4.69, 9.17) is 14.2 Å². The Kier molecular flexibility index (Phi) is 4.08. The van der Waals surface area contributed by atoms with Crippen molar-refractivity contribution in [2.45, 2.75) is 31.8 Å². The molecule has 2 aromatic carbocycles. The van der Waals surface area contributed by atoms with Crippen molar-refractivity contribution in [1.82, 2.24) is 4.90 Å². The van der Waals surface area contributed by atoms with Gasteiger partial charge in [-0.05, 0) is 41.3 Å². The standard InChI is InChI=1S/C21H25NO3/c1-13-16-7-8-19(24-3)21(25-4)18(16)12-22-10-9-14-11-15(23-2)5-6-17(14)20(13)22/h5-8,11,13,20H,9-10,12H2,1-4H3/t13-,20+/m0/s1. The average Bonchev–Trinajstić information content (AvgIpc) is 2.66. The first kappa shape index (κ1) is 16.3. The zero-order valence-corrected chi connectivity index (χ0v) is 15.3. The van der Waals surface area contributed by atoms with Crippen molar-refractivity contribution in [2.75, 3.05) is 27.9 Å². The normalized spacial score (nSPS) is 21.8. The summed E-state index contributed by atoms with van der Waals surface area (Å²) in [6.45, 7) is 4.27. The third-order valence-corrected chi connectivity index (χ3v) is 5.74. The molecular formula is C21H25NO3. The maximum absolute atomic E-state index is 5.69. The molecule has 0 unspecified atom stereocenters. The van der Waals surface area contributed by atoms with Crippen molar-refractivity contribution in [3.8, 4) is 17.2 Å². The number of hydrogen-bond acceptors (Lipinski definition) is 4. The molecule has 0 spiro atoms. The first-order valence-electron chi connectivity index (χ1n) is 8.82. The third kappa shape index (κ3) is 2.47. The van der Waals surface area contributed by atoms with Crippen molar-refractivity contribution in [3.63, 3.8) is 0 Å². The van der Waals surface area contributed by atoms with E-state index in [0.29, 0.717) is 12.0 Å². The number of rotatable bonds is 3. The van der Waals surface area contributed by atoms with Crippen LogP contribution in [0.3, 0.4) is 0 Å². The van der Waals surface area contributed by atoms with Crippen molar-refractivity contribution in [2.24, 2.45) is 0 Å². The first-order valence-corrected chi connectivity index (χ1v) is 8.82. The van der Waals surface area contributed by atoms with Gasteiger partial charge in [-0.2, -0.15) is 0 Å². The van der Waals surface area contributed by atoms with Crippen LogP contribution in [-0.2, 0) is 13.0 Å². The van der Waals surface area contributed by atoms with E-state index in [9.17, 15) is 0 Å². The molecule has 4 heteroatoms. The van der Waals surface area contributed by atoms with Gasteiger partial charge in [0.1, 0.15) is 5.75 Å². The zero-order chi connectivity index (χ0) is 17.6. The molecule has 2 heterocycles. The third-order valence-electron chi connectivity index (χ3n) is 5.74. The highest BCUT2D eigenvalue weighted by molar-refractivity contribution is 5.54. The van der Waals surface area contributed by atoms with Crippen LogP contribution in [-0.4, -0.2) is 32.8 Å². The van der Waals surface area contributed by atoms with Crippen molar-refractivity contribution in [1.29, 1.82) is 0 Å². The van der Waals surface area contributed by atoms with Gasteiger partial charge >= 0.3 is 0 Å². The molecular weight excluding hydrogens is 314 g/mol. The lowest BCUT2D eigenvalue weighted by Crippen LogP contribution is -2.41. The molecule has 0 saturated carbocycles. The van der Waals surface area contributed by atoms with E-state index in [1.54, 1.807) is 21.3 Å². The van der Waals surface area contributed by atoms with Gasteiger partial charge < -0.3 is 14.2 Å². The molecule has 2 aliphatic heterocycles. The lowest BCUT2D eigenvalue weighted by atomic mass is 9.77. The zero-order valence-electron chi connectivity index (χ0n) is 15.3. The molecule has 4 nitrogen and oxygen atoms in total. The highest BCUT2D eigenvalue weighted by Gasteiger charge is 2.38. The van der Waals surface area contributed by atoms with Gasteiger partial charge in [0.15, 0.2) is 11.5 Å². The Labute approximate surface area is 149 Å². The summed E-state index contributed by atoms with van der Waals surface area (Å²) in [5.41, 5.74) is 5.47. The van der Waals surface area contributed by atoms with Crippen LogP contribution in [0.4, 0.5) is 0 Å². The molecule has 0 saturated heterocycles. The first-order chi connectivity index (χ1) is 12.2. The van der Waals surface area contributed by atoms with E-state index < -0.39 is 0 Å². The molecule has 0 aromatic heterocycles. The van der Waals surface area contributed by atoms with Gasteiger partial charge in [0.05, 0.1) is 21.3 Å². The Morgan fingerprint density at radius 1 is 0.960 bits per heavy atom. The number of ether oxygens (including phenoxy) is 3. The molecule has 132 valence electrons. The van der Waals surface area contributed by atoms with Gasteiger partial charge in [0.2, 0.25) is 0 Å². The van der Waals surface area contributed by atoms with E-state index in [1.165, 1.54) is 22.3 Å². The predicted octanol–water partition coefficient (Wildman–Crippen LogP) is 3.93. The minimum atomic E-state index is 0.399. The average molecular weight is 339 g/mol. The Hall–Kier alpha value is -2.20. The summed E-state index contributed by atoms with van der Waals surface area (Å²) >= 11 is 0. The van der Waals surface area contributed by atoms with Crippen LogP contribution in [0, 0.1) is 0 Å². The van der Waals surface area contributed by atoms with Gasteiger partial charge in [0, 0.05) is 30.6 Å². The van der Waals surface area contributed by atoms with E-state index in [2.05, 4.69) is 36.1 Å². The van der Waals surface area contributed by atoms with Crippen molar-refractivity contribution >= 4 is 0 Å². The molecule has 4 rings (SSSR count). The monoisotopic (exact) mass is 339 g/mol. The maximum Gasteiger partial charge on any atom is 0.165 e. The highest BCUT2D eigenvalue weighted by Crippen LogP contribution is 2.49. The molecule has 0 aliphatic carbocycles. The van der Waals surface area contributed by atoms with Crippen LogP contribution >= 0.6 is 0 Å². The number of benzene rings is 2. The van der Waals surface area contributed by atoms with Crippen LogP contribution in [0.2, 0.25) is 0 Å². The van der Waals surface area contributed by atoms with Gasteiger partial charge in [-0.3, -0.25) is 4.90 Å². The number of hydrogen-bond donors (Lipinski definition) is 0. The van der Waals surface area contributed by atoms with Crippen LogP contribution in [0.1, 0.15) is 41.1 Å².